The summed E-state index contributed by atoms with van der Waals surface area (Å²) < 4.78 is 6.34. The van der Waals surface area contributed by atoms with Gasteiger partial charge in [0, 0.05) is 6.54 Å². The van der Waals surface area contributed by atoms with Crippen molar-refractivity contribution >= 4 is 20.4 Å². The predicted octanol–water partition coefficient (Wildman–Crippen LogP) is 3.24. The van der Waals surface area contributed by atoms with Gasteiger partial charge in [-0.25, -0.2) is 4.79 Å². The number of rotatable bonds is 4. The second kappa shape index (κ2) is 6.20. The Bertz CT molecular complexity index is 446. The number of likely N-dealkylation sites (tertiary alicyclic amines) is 1. The molecule has 1 aliphatic heterocycles. The van der Waals surface area contributed by atoms with Crippen molar-refractivity contribution in [1.29, 1.82) is 0 Å². The third-order valence-corrected chi connectivity index (χ3v) is 9.89. The smallest absolute Gasteiger partial charge is 0.407 e. The Morgan fingerprint density at radius 3 is 2.23 bits per heavy atom. The van der Waals surface area contributed by atoms with Gasteiger partial charge in [0.2, 0.25) is 0 Å². The summed E-state index contributed by atoms with van der Waals surface area (Å²) in [5, 5.41) is 18.9. The van der Waals surface area contributed by atoms with E-state index in [-0.39, 0.29) is 18.1 Å². The zero-order valence-corrected chi connectivity index (χ0v) is 15.5. The highest BCUT2D eigenvalue weighted by Gasteiger charge is 2.52. The lowest BCUT2D eigenvalue weighted by Gasteiger charge is -2.48. The van der Waals surface area contributed by atoms with Crippen LogP contribution in [0.15, 0.2) is 0 Å². The first-order valence-corrected chi connectivity index (χ1v) is 10.7. The van der Waals surface area contributed by atoms with Crippen LogP contribution in [-0.4, -0.2) is 54.7 Å². The molecule has 2 N–H and O–H groups in total. The molecule has 0 bridgehead atoms. The van der Waals surface area contributed by atoms with Crippen molar-refractivity contribution in [2.75, 3.05) is 13.1 Å². The maximum absolute atomic E-state index is 11.9. The average molecular weight is 331 g/mol. The van der Waals surface area contributed by atoms with E-state index in [0.29, 0.717) is 12.8 Å². The molecule has 2 unspecified atom stereocenters. The topological polar surface area (TPSA) is 87.1 Å². The number of hydrogen-bond donors (Lipinski definition) is 2. The van der Waals surface area contributed by atoms with Crippen molar-refractivity contribution in [3.63, 3.8) is 0 Å². The molecule has 0 spiro atoms. The number of nitrogens with zero attached hydrogens (tertiary/aromatic N) is 1. The fraction of sp³-hybridized carbons (Fsp3) is 0.867. The highest BCUT2D eigenvalue weighted by atomic mass is 28.4. The van der Waals surface area contributed by atoms with Crippen LogP contribution in [-0.2, 0) is 9.22 Å². The fourth-order valence-corrected chi connectivity index (χ4v) is 3.98. The number of carboxylic acids is 1. The van der Waals surface area contributed by atoms with Gasteiger partial charge in [0.15, 0.2) is 8.32 Å². The molecule has 7 heteroatoms. The molecule has 0 aliphatic carbocycles. The Labute approximate surface area is 133 Å². The summed E-state index contributed by atoms with van der Waals surface area (Å²) in [6.45, 7) is 12.6. The van der Waals surface area contributed by atoms with Crippen molar-refractivity contribution in [1.82, 2.24) is 4.90 Å². The Hall–Kier alpha value is -1.08. The van der Waals surface area contributed by atoms with Crippen LogP contribution in [0.2, 0.25) is 18.1 Å². The zero-order chi connectivity index (χ0) is 17.3. The van der Waals surface area contributed by atoms with Crippen molar-refractivity contribution in [2.45, 2.75) is 64.8 Å². The van der Waals surface area contributed by atoms with Gasteiger partial charge in [0.05, 0.1) is 18.1 Å². The predicted molar refractivity (Wildman–Crippen MR) is 86.6 cm³/mol. The summed E-state index contributed by atoms with van der Waals surface area (Å²) in [4.78, 5) is 24.4. The summed E-state index contributed by atoms with van der Waals surface area (Å²) in [6, 6.07) is 0. The summed E-state index contributed by atoms with van der Waals surface area (Å²) in [7, 11) is -2.19. The quantitative estimate of drug-likeness (QED) is 0.772. The van der Waals surface area contributed by atoms with E-state index in [1.165, 1.54) is 4.90 Å². The molecule has 2 atom stereocenters. The second-order valence-corrected chi connectivity index (χ2v) is 12.4. The molecule has 6 nitrogen and oxygen atoms in total. The molecular formula is C15H29NO5Si. The Balaban J connectivity index is 3.15. The van der Waals surface area contributed by atoms with Crippen LogP contribution >= 0.6 is 0 Å². The van der Waals surface area contributed by atoms with Gasteiger partial charge < -0.3 is 19.5 Å². The van der Waals surface area contributed by atoms with Crippen molar-refractivity contribution < 1.29 is 24.2 Å². The Kier molecular flexibility index (Phi) is 5.34. The molecule has 0 saturated carbocycles. The summed E-state index contributed by atoms with van der Waals surface area (Å²) in [5.41, 5.74) is -0.999. The first kappa shape index (κ1) is 19.0. The van der Waals surface area contributed by atoms with Gasteiger partial charge in [-0.15, -0.1) is 0 Å². The van der Waals surface area contributed by atoms with E-state index >= 15 is 0 Å². The molecule has 1 heterocycles. The third-order valence-electron chi connectivity index (χ3n) is 5.40. The largest absolute Gasteiger partial charge is 0.481 e. The standard InChI is InChI=1S/C15H29NO5Si/c1-7-15(12(17)18)8-9-16(13(19)20)10-11(15)21-22(5,6)14(2,3)4/h11H,7-10H2,1-6H3,(H,17,18)(H,19,20). The van der Waals surface area contributed by atoms with Gasteiger partial charge in [0.25, 0.3) is 0 Å². The summed E-state index contributed by atoms with van der Waals surface area (Å²) in [5.74, 6) is -0.885. The Morgan fingerprint density at radius 1 is 1.32 bits per heavy atom. The van der Waals surface area contributed by atoms with Crippen LogP contribution in [0.5, 0.6) is 0 Å². The minimum atomic E-state index is -2.19. The van der Waals surface area contributed by atoms with E-state index in [0.717, 1.165) is 0 Å². The van der Waals surface area contributed by atoms with Crippen molar-refractivity contribution in [3.8, 4) is 0 Å². The first-order valence-electron chi connectivity index (χ1n) is 7.76. The number of carboxylic acid groups (broad SMARTS) is 2. The van der Waals surface area contributed by atoms with Gasteiger partial charge in [-0.05, 0) is 31.0 Å². The fourth-order valence-electron chi connectivity index (χ4n) is 2.62. The number of amides is 1. The SMILES string of the molecule is CCC1(C(=O)O)CCN(C(=O)O)CC1O[Si](C)(C)C(C)(C)C. The van der Waals surface area contributed by atoms with Crippen LogP contribution < -0.4 is 0 Å². The second-order valence-electron chi connectivity index (χ2n) is 7.66. The molecule has 1 amide bonds. The van der Waals surface area contributed by atoms with E-state index in [4.69, 9.17) is 4.43 Å². The molecule has 0 aromatic rings. The first-order chi connectivity index (χ1) is 9.87. The van der Waals surface area contributed by atoms with Gasteiger partial charge in [-0.2, -0.15) is 0 Å². The highest BCUT2D eigenvalue weighted by Crippen LogP contribution is 2.43. The highest BCUT2D eigenvalue weighted by molar-refractivity contribution is 6.74. The maximum atomic E-state index is 11.9. The van der Waals surface area contributed by atoms with E-state index < -0.39 is 31.9 Å². The lowest BCUT2D eigenvalue weighted by Crippen LogP contribution is -2.60. The van der Waals surface area contributed by atoms with E-state index in [1.807, 2.05) is 6.92 Å². The van der Waals surface area contributed by atoms with Crippen molar-refractivity contribution in [3.05, 3.63) is 0 Å². The average Bonchev–Trinajstić information content (AvgIpc) is 2.36. The zero-order valence-electron chi connectivity index (χ0n) is 14.5. The van der Waals surface area contributed by atoms with Crippen LogP contribution in [0.25, 0.3) is 0 Å². The lowest BCUT2D eigenvalue weighted by molar-refractivity contribution is -0.161. The molecule has 0 aromatic carbocycles. The normalized spacial score (nSPS) is 26.8. The number of carbonyl (C=O) groups is 2. The van der Waals surface area contributed by atoms with E-state index in [2.05, 4.69) is 33.9 Å². The number of piperidine rings is 1. The molecule has 1 fully saturated rings. The molecule has 0 radical (unpaired) electrons. The minimum Gasteiger partial charge on any atom is -0.481 e. The van der Waals surface area contributed by atoms with Crippen molar-refractivity contribution in [2.24, 2.45) is 5.41 Å². The lowest BCUT2D eigenvalue weighted by atomic mass is 9.74. The number of aliphatic carboxylic acids is 1. The monoisotopic (exact) mass is 331 g/mol. The summed E-state index contributed by atoms with van der Waals surface area (Å²) >= 11 is 0. The van der Waals surface area contributed by atoms with E-state index in [9.17, 15) is 19.8 Å². The molecular weight excluding hydrogens is 302 g/mol. The van der Waals surface area contributed by atoms with Crippen LogP contribution in [0.4, 0.5) is 4.79 Å². The van der Waals surface area contributed by atoms with Crippen LogP contribution in [0.3, 0.4) is 0 Å². The third kappa shape index (κ3) is 3.46. The molecule has 1 rings (SSSR count). The molecule has 128 valence electrons. The number of hydrogen-bond acceptors (Lipinski definition) is 3. The molecule has 1 saturated heterocycles. The minimum absolute atomic E-state index is 0.0590. The maximum Gasteiger partial charge on any atom is 0.407 e. The molecule has 0 aromatic heterocycles. The summed E-state index contributed by atoms with van der Waals surface area (Å²) in [6.07, 6.45) is -0.876. The van der Waals surface area contributed by atoms with Gasteiger partial charge in [-0.3, -0.25) is 4.79 Å². The van der Waals surface area contributed by atoms with Crippen LogP contribution in [0.1, 0.15) is 40.5 Å². The van der Waals surface area contributed by atoms with Gasteiger partial charge in [0.1, 0.15) is 0 Å². The van der Waals surface area contributed by atoms with E-state index in [1.54, 1.807) is 0 Å². The van der Waals surface area contributed by atoms with Gasteiger partial charge >= 0.3 is 12.1 Å². The Morgan fingerprint density at radius 2 is 1.86 bits per heavy atom. The van der Waals surface area contributed by atoms with Crippen LogP contribution in [0, 0.1) is 5.41 Å². The molecule has 1 aliphatic rings. The molecule has 22 heavy (non-hydrogen) atoms. The van der Waals surface area contributed by atoms with Gasteiger partial charge in [-0.1, -0.05) is 27.7 Å².